The van der Waals surface area contributed by atoms with Gasteiger partial charge in [-0.15, -0.1) is 0 Å². The summed E-state index contributed by atoms with van der Waals surface area (Å²) in [5, 5.41) is 4.24. The van der Waals surface area contributed by atoms with Gasteiger partial charge >= 0.3 is 0 Å². The number of hydrogen-bond acceptors (Lipinski definition) is 8. The monoisotopic (exact) mass is 495 g/mol. The van der Waals surface area contributed by atoms with E-state index in [9.17, 15) is 4.79 Å². The summed E-state index contributed by atoms with van der Waals surface area (Å²) >= 11 is 0. The molecule has 1 saturated heterocycles. The van der Waals surface area contributed by atoms with Crippen LogP contribution in [-0.2, 0) is 36.3 Å². The highest BCUT2D eigenvalue weighted by Crippen LogP contribution is 2.35. The molecule has 10 nitrogen and oxygen atoms in total. The Morgan fingerprint density at radius 2 is 1.75 bits per heavy atom. The molecule has 3 heterocycles. The van der Waals surface area contributed by atoms with Gasteiger partial charge in [0.2, 0.25) is 5.91 Å². The quantitative estimate of drug-likeness (QED) is 0.423. The third-order valence-electron chi connectivity index (χ3n) is 6.12. The molecule has 0 spiro atoms. The van der Waals surface area contributed by atoms with E-state index in [2.05, 4.69) is 15.0 Å². The minimum atomic E-state index is -0.195. The number of amides is 1. The highest BCUT2D eigenvalue weighted by atomic mass is 16.5. The van der Waals surface area contributed by atoms with Crippen molar-refractivity contribution in [3.8, 4) is 17.2 Å². The fourth-order valence-electron chi connectivity index (χ4n) is 4.36. The van der Waals surface area contributed by atoms with Gasteiger partial charge in [0.1, 0.15) is 5.75 Å². The van der Waals surface area contributed by atoms with Crippen LogP contribution < -0.4 is 14.2 Å². The first-order valence-electron chi connectivity index (χ1n) is 11.8. The van der Waals surface area contributed by atoms with Crippen molar-refractivity contribution in [2.24, 2.45) is 7.05 Å². The Balaban J connectivity index is 1.55. The second kappa shape index (κ2) is 11.9. The van der Waals surface area contributed by atoms with Crippen LogP contribution in [-0.4, -0.2) is 77.5 Å². The summed E-state index contributed by atoms with van der Waals surface area (Å²) in [5.74, 6) is 1.90. The van der Waals surface area contributed by atoms with Crippen LogP contribution in [0.25, 0.3) is 0 Å². The Morgan fingerprint density at radius 1 is 0.972 bits per heavy atom. The Kier molecular flexibility index (Phi) is 8.40. The molecule has 0 N–H and O–H groups in total. The number of aryl methyl sites for hydroxylation is 1. The number of aromatic nitrogens is 3. The molecule has 0 bridgehead atoms. The van der Waals surface area contributed by atoms with Crippen molar-refractivity contribution in [3.63, 3.8) is 0 Å². The van der Waals surface area contributed by atoms with Crippen molar-refractivity contribution in [2.45, 2.75) is 25.8 Å². The molecule has 0 radical (unpaired) electrons. The molecule has 4 rings (SSSR count). The van der Waals surface area contributed by atoms with Crippen LogP contribution in [0.2, 0.25) is 0 Å². The summed E-state index contributed by atoms with van der Waals surface area (Å²) in [6, 6.07) is 7.57. The van der Waals surface area contributed by atoms with Crippen LogP contribution in [0.5, 0.6) is 17.2 Å². The number of rotatable bonds is 10. The first-order chi connectivity index (χ1) is 17.5. The lowest BCUT2D eigenvalue weighted by Gasteiger charge is -2.25. The van der Waals surface area contributed by atoms with E-state index in [1.165, 1.54) is 0 Å². The summed E-state index contributed by atoms with van der Waals surface area (Å²) in [5.41, 5.74) is 2.86. The molecule has 0 unspecified atom stereocenters. The van der Waals surface area contributed by atoms with E-state index >= 15 is 0 Å². The van der Waals surface area contributed by atoms with Gasteiger partial charge < -0.3 is 23.8 Å². The van der Waals surface area contributed by atoms with E-state index in [-0.39, 0.29) is 18.6 Å². The minimum Gasteiger partial charge on any atom is -0.496 e. The lowest BCUT2D eigenvalue weighted by atomic mass is 10.1. The molecule has 1 aliphatic heterocycles. The third-order valence-corrected chi connectivity index (χ3v) is 6.12. The van der Waals surface area contributed by atoms with Gasteiger partial charge in [-0.2, -0.15) is 5.10 Å². The third kappa shape index (κ3) is 6.32. The molecular formula is C26H33N5O5. The Morgan fingerprint density at radius 3 is 2.42 bits per heavy atom. The van der Waals surface area contributed by atoms with Crippen molar-refractivity contribution in [1.29, 1.82) is 0 Å². The van der Waals surface area contributed by atoms with Crippen LogP contribution in [0.3, 0.4) is 0 Å². The topological polar surface area (TPSA) is 91.2 Å². The van der Waals surface area contributed by atoms with Gasteiger partial charge in [0.25, 0.3) is 0 Å². The highest BCUT2D eigenvalue weighted by Gasteiger charge is 2.29. The Bertz CT molecular complexity index is 1150. The van der Waals surface area contributed by atoms with Gasteiger partial charge in [-0.05, 0) is 17.7 Å². The number of benzene rings is 1. The lowest BCUT2D eigenvalue weighted by molar-refractivity contribution is -0.132. The molecule has 1 aromatic carbocycles. The molecule has 1 aliphatic rings. The van der Waals surface area contributed by atoms with Gasteiger partial charge in [-0.1, -0.05) is 6.07 Å². The van der Waals surface area contributed by atoms with Crippen LogP contribution in [0.1, 0.15) is 16.7 Å². The van der Waals surface area contributed by atoms with Gasteiger partial charge in [0, 0.05) is 69.0 Å². The summed E-state index contributed by atoms with van der Waals surface area (Å²) in [6.07, 6.45) is 7.05. The van der Waals surface area contributed by atoms with Crippen molar-refractivity contribution in [2.75, 3.05) is 41.0 Å². The maximum Gasteiger partial charge on any atom is 0.237 e. The van der Waals surface area contributed by atoms with Gasteiger partial charge in [0.15, 0.2) is 11.5 Å². The number of nitrogens with zero attached hydrogens (tertiary/aromatic N) is 5. The average Bonchev–Trinajstić information content (AvgIpc) is 3.24. The molecule has 10 heteroatoms. The van der Waals surface area contributed by atoms with Gasteiger partial charge in [-0.25, -0.2) is 0 Å². The average molecular weight is 496 g/mol. The minimum absolute atomic E-state index is 0.0331. The zero-order chi connectivity index (χ0) is 25.5. The number of pyridine rings is 1. The molecule has 1 fully saturated rings. The first kappa shape index (κ1) is 25.5. The largest absolute Gasteiger partial charge is 0.496 e. The maximum absolute atomic E-state index is 13.3. The van der Waals surface area contributed by atoms with E-state index in [1.807, 2.05) is 36.3 Å². The lowest BCUT2D eigenvalue weighted by Crippen LogP contribution is -2.37. The van der Waals surface area contributed by atoms with Crippen LogP contribution in [0.15, 0.2) is 49.1 Å². The molecule has 0 aliphatic carbocycles. The Labute approximate surface area is 211 Å². The predicted octanol–water partition coefficient (Wildman–Crippen LogP) is 2.27. The standard InChI is InChI=1S/C26H33N5O5/c1-29-12-20(11-28-29)13-31-16-22(36-18-19-6-5-7-27-10-19)15-30(17-26(31)32)14-21-8-24(34-3)25(35-4)9-23(21)33-2/h5-12,22H,13-18H2,1-4H3/t22-/m1/s1. The second-order valence-corrected chi connectivity index (χ2v) is 8.78. The normalized spacial score (nSPS) is 16.6. The van der Waals surface area contributed by atoms with Gasteiger partial charge in [-0.3, -0.25) is 19.4 Å². The summed E-state index contributed by atoms with van der Waals surface area (Å²) in [6.45, 7) is 2.70. The molecule has 1 atom stereocenters. The molecule has 0 saturated carbocycles. The van der Waals surface area contributed by atoms with E-state index in [4.69, 9.17) is 18.9 Å². The maximum atomic E-state index is 13.3. The van der Waals surface area contributed by atoms with Crippen LogP contribution in [0.4, 0.5) is 0 Å². The number of hydrogen-bond donors (Lipinski definition) is 0. The fraction of sp³-hybridized carbons (Fsp3) is 0.423. The molecule has 192 valence electrons. The zero-order valence-corrected chi connectivity index (χ0v) is 21.2. The first-order valence-corrected chi connectivity index (χ1v) is 11.8. The summed E-state index contributed by atoms with van der Waals surface area (Å²) in [7, 11) is 6.67. The zero-order valence-electron chi connectivity index (χ0n) is 21.2. The van der Waals surface area contributed by atoms with Crippen molar-refractivity contribution >= 4 is 5.91 Å². The van der Waals surface area contributed by atoms with Crippen molar-refractivity contribution in [3.05, 3.63) is 65.7 Å². The summed E-state index contributed by atoms with van der Waals surface area (Å²) in [4.78, 5) is 21.4. The molecule has 3 aromatic rings. The van der Waals surface area contributed by atoms with Crippen molar-refractivity contribution in [1.82, 2.24) is 24.6 Å². The number of methoxy groups -OCH3 is 3. The highest BCUT2D eigenvalue weighted by molar-refractivity contribution is 5.78. The van der Waals surface area contributed by atoms with E-state index < -0.39 is 0 Å². The van der Waals surface area contributed by atoms with Crippen LogP contribution >= 0.6 is 0 Å². The fourth-order valence-corrected chi connectivity index (χ4v) is 4.36. The second-order valence-electron chi connectivity index (χ2n) is 8.78. The molecular weight excluding hydrogens is 462 g/mol. The Hall–Kier alpha value is -3.63. The van der Waals surface area contributed by atoms with E-state index in [0.29, 0.717) is 50.0 Å². The SMILES string of the molecule is COc1cc(OC)c(OC)cc1CN1CC(=O)N(Cc2cnn(C)c2)C[C@H](OCc2cccnc2)C1. The number of ether oxygens (including phenoxy) is 4. The predicted molar refractivity (Wildman–Crippen MR) is 133 cm³/mol. The smallest absolute Gasteiger partial charge is 0.237 e. The van der Waals surface area contributed by atoms with Crippen molar-refractivity contribution < 1.29 is 23.7 Å². The van der Waals surface area contributed by atoms with E-state index in [0.717, 1.165) is 16.7 Å². The molecule has 2 aromatic heterocycles. The van der Waals surface area contributed by atoms with E-state index in [1.54, 1.807) is 50.7 Å². The van der Waals surface area contributed by atoms with Crippen LogP contribution in [0, 0.1) is 0 Å². The molecule has 1 amide bonds. The number of carbonyl (C=O) groups excluding carboxylic acids is 1. The van der Waals surface area contributed by atoms with Gasteiger partial charge in [0.05, 0.1) is 46.8 Å². The number of carbonyl (C=O) groups is 1. The molecule has 36 heavy (non-hydrogen) atoms. The summed E-state index contributed by atoms with van der Waals surface area (Å²) < 4.78 is 24.6.